The van der Waals surface area contributed by atoms with E-state index in [0.29, 0.717) is 17.9 Å². The monoisotopic (exact) mass is 256 g/mol. The Kier molecular flexibility index (Phi) is 5.29. The number of benzene rings is 1. The standard InChI is InChI=1S/C13H17ClO3/c1-9(2)17-11-7-6-10(12(14)8-11)4-3-5-13(15)16/h6-9H,3-5H2,1-2H3,(H,15,16). The van der Waals surface area contributed by atoms with Crippen LogP contribution in [0.2, 0.25) is 5.02 Å². The fourth-order valence-electron chi connectivity index (χ4n) is 1.51. The Bertz CT molecular complexity index is 388. The minimum Gasteiger partial charge on any atom is -0.491 e. The predicted octanol–water partition coefficient (Wildman–Crippen LogP) is 3.53. The second kappa shape index (κ2) is 6.50. The Morgan fingerprint density at radius 3 is 2.71 bits per heavy atom. The van der Waals surface area contributed by atoms with Gasteiger partial charge in [-0.3, -0.25) is 4.79 Å². The Labute approximate surface area is 106 Å². The van der Waals surface area contributed by atoms with Crippen molar-refractivity contribution in [2.75, 3.05) is 0 Å². The number of aliphatic carboxylic acids is 1. The van der Waals surface area contributed by atoms with Gasteiger partial charge in [-0.15, -0.1) is 0 Å². The highest BCUT2D eigenvalue weighted by molar-refractivity contribution is 6.31. The first-order chi connectivity index (χ1) is 7.99. The van der Waals surface area contributed by atoms with E-state index < -0.39 is 5.97 Å². The summed E-state index contributed by atoms with van der Waals surface area (Å²) in [5.74, 6) is -0.0344. The molecule has 0 spiro atoms. The van der Waals surface area contributed by atoms with Gasteiger partial charge in [0.1, 0.15) is 5.75 Å². The summed E-state index contributed by atoms with van der Waals surface area (Å²) < 4.78 is 5.51. The van der Waals surface area contributed by atoms with Gasteiger partial charge in [0.05, 0.1) is 6.10 Å². The second-order valence-electron chi connectivity index (χ2n) is 4.17. The molecular weight excluding hydrogens is 240 g/mol. The summed E-state index contributed by atoms with van der Waals surface area (Å²) in [7, 11) is 0. The number of carbonyl (C=O) groups is 1. The zero-order chi connectivity index (χ0) is 12.8. The van der Waals surface area contributed by atoms with E-state index >= 15 is 0 Å². The molecule has 1 aromatic rings. The molecule has 1 N–H and O–H groups in total. The molecule has 0 aliphatic heterocycles. The second-order valence-corrected chi connectivity index (χ2v) is 4.57. The average molecular weight is 257 g/mol. The molecule has 0 bridgehead atoms. The van der Waals surface area contributed by atoms with Gasteiger partial charge in [-0.1, -0.05) is 17.7 Å². The maximum Gasteiger partial charge on any atom is 0.303 e. The van der Waals surface area contributed by atoms with Gasteiger partial charge < -0.3 is 9.84 Å². The Morgan fingerprint density at radius 1 is 1.47 bits per heavy atom. The lowest BCUT2D eigenvalue weighted by molar-refractivity contribution is -0.137. The van der Waals surface area contributed by atoms with Crippen molar-refractivity contribution in [3.63, 3.8) is 0 Å². The molecule has 1 aromatic carbocycles. The number of hydrogen-bond donors (Lipinski definition) is 1. The lowest BCUT2D eigenvalue weighted by atomic mass is 10.1. The van der Waals surface area contributed by atoms with Gasteiger partial charge in [-0.2, -0.15) is 0 Å². The van der Waals surface area contributed by atoms with Crippen LogP contribution in [-0.4, -0.2) is 17.2 Å². The topological polar surface area (TPSA) is 46.5 Å². The van der Waals surface area contributed by atoms with Crippen molar-refractivity contribution in [1.29, 1.82) is 0 Å². The third kappa shape index (κ3) is 5.09. The lowest BCUT2D eigenvalue weighted by Crippen LogP contribution is -2.05. The summed E-state index contributed by atoms with van der Waals surface area (Å²) in [5, 5.41) is 9.18. The van der Waals surface area contributed by atoms with Crippen LogP contribution in [0.25, 0.3) is 0 Å². The SMILES string of the molecule is CC(C)Oc1ccc(CCCC(=O)O)c(Cl)c1. The first-order valence-corrected chi connectivity index (χ1v) is 6.03. The highest BCUT2D eigenvalue weighted by Gasteiger charge is 2.05. The Hall–Kier alpha value is -1.22. The molecule has 94 valence electrons. The van der Waals surface area contributed by atoms with E-state index in [-0.39, 0.29) is 12.5 Å². The zero-order valence-electron chi connectivity index (χ0n) is 10.1. The highest BCUT2D eigenvalue weighted by atomic mass is 35.5. The van der Waals surface area contributed by atoms with Crippen molar-refractivity contribution >= 4 is 17.6 Å². The van der Waals surface area contributed by atoms with Crippen LogP contribution in [0.1, 0.15) is 32.3 Å². The van der Waals surface area contributed by atoms with Crippen molar-refractivity contribution in [1.82, 2.24) is 0 Å². The summed E-state index contributed by atoms with van der Waals surface area (Å²) in [6, 6.07) is 5.53. The smallest absolute Gasteiger partial charge is 0.303 e. The number of carboxylic acid groups (broad SMARTS) is 1. The van der Waals surface area contributed by atoms with E-state index in [0.717, 1.165) is 11.3 Å². The van der Waals surface area contributed by atoms with Crippen molar-refractivity contribution < 1.29 is 14.6 Å². The summed E-state index contributed by atoms with van der Waals surface area (Å²) >= 11 is 6.10. The maximum absolute atomic E-state index is 10.4. The number of hydrogen-bond acceptors (Lipinski definition) is 2. The van der Waals surface area contributed by atoms with Crippen molar-refractivity contribution in [3.8, 4) is 5.75 Å². The lowest BCUT2D eigenvalue weighted by Gasteiger charge is -2.11. The summed E-state index contributed by atoms with van der Waals surface area (Å²) in [4.78, 5) is 10.4. The van der Waals surface area contributed by atoms with Crippen LogP contribution >= 0.6 is 11.6 Å². The van der Waals surface area contributed by atoms with Crippen LogP contribution in [0.5, 0.6) is 5.75 Å². The number of aryl methyl sites for hydroxylation is 1. The number of carboxylic acids is 1. The molecule has 0 heterocycles. The van der Waals surface area contributed by atoms with Crippen molar-refractivity contribution in [2.45, 2.75) is 39.2 Å². The zero-order valence-corrected chi connectivity index (χ0v) is 10.8. The molecule has 0 amide bonds. The van der Waals surface area contributed by atoms with Crippen molar-refractivity contribution in [3.05, 3.63) is 28.8 Å². The molecule has 0 saturated heterocycles. The van der Waals surface area contributed by atoms with E-state index in [1.54, 1.807) is 6.07 Å². The van der Waals surface area contributed by atoms with Gasteiger partial charge in [0.25, 0.3) is 0 Å². The Morgan fingerprint density at radius 2 is 2.18 bits per heavy atom. The minimum atomic E-state index is -0.777. The van der Waals surface area contributed by atoms with Crippen LogP contribution < -0.4 is 4.74 Å². The summed E-state index contributed by atoms with van der Waals surface area (Å²) in [5.41, 5.74) is 0.962. The highest BCUT2D eigenvalue weighted by Crippen LogP contribution is 2.24. The number of ether oxygens (including phenoxy) is 1. The minimum absolute atomic E-state index is 0.115. The molecule has 0 saturated carbocycles. The van der Waals surface area contributed by atoms with Gasteiger partial charge in [0.15, 0.2) is 0 Å². The van der Waals surface area contributed by atoms with Crippen LogP contribution in [0.15, 0.2) is 18.2 Å². The van der Waals surface area contributed by atoms with Gasteiger partial charge in [-0.25, -0.2) is 0 Å². The number of rotatable bonds is 6. The van der Waals surface area contributed by atoms with E-state index in [9.17, 15) is 4.79 Å². The van der Waals surface area contributed by atoms with Gasteiger partial charge >= 0.3 is 5.97 Å². The number of halogens is 1. The fraction of sp³-hybridized carbons (Fsp3) is 0.462. The fourth-order valence-corrected chi connectivity index (χ4v) is 1.77. The molecular formula is C13H17ClO3. The normalized spacial score (nSPS) is 10.6. The van der Waals surface area contributed by atoms with Gasteiger partial charge in [0, 0.05) is 11.4 Å². The molecule has 0 atom stereocenters. The maximum atomic E-state index is 10.4. The van der Waals surface area contributed by atoms with E-state index in [1.807, 2.05) is 26.0 Å². The molecule has 0 unspecified atom stereocenters. The predicted molar refractivity (Wildman–Crippen MR) is 67.8 cm³/mol. The van der Waals surface area contributed by atoms with Gasteiger partial charge in [-0.05, 0) is 44.4 Å². The molecule has 17 heavy (non-hydrogen) atoms. The van der Waals surface area contributed by atoms with Crippen LogP contribution in [0.4, 0.5) is 0 Å². The molecule has 4 heteroatoms. The first-order valence-electron chi connectivity index (χ1n) is 5.66. The van der Waals surface area contributed by atoms with E-state index in [1.165, 1.54) is 0 Å². The third-order valence-electron chi connectivity index (χ3n) is 2.23. The van der Waals surface area contributed by atoms with Crippen LogP contribution in [-0.2, 0) is 11.2 Å². The summed E-state index contributed by atoms with van der Waals surface area (Å²) in [6.45, 7) is 3.91. The van der Waals surface area contributed by atoms with Gasteiger partial charge in [0.2, 0.25) is 0 Å². The quantitative estimate of drug-likeness (QED) is 0.847. The molecule has 1 rings (SSSR count). The van der Waals surface area contributed by atoms with Crippen LogP contribution in [0.3, 0.4) is 0 Å². The summed E-state index contributed by atoms with van der Waals surface area (Å²) in [6.07, 6.45) is 1.55. The van der Waals surface area contributed by atoms with E-state index in [4.69, 9.17) is 21.4 Å². The largest absolute Gasteiger partial charge is 0.491 e. The third-order valence-corrected chi connectivity index (χ3v) is 2.58. The molecule has 0 aromatic heterocycles. The van der Waals surface area contributed by atoms with Crippen molar-refractivity contribution in [2.24, 2.45) is 0 Å². The molecule has 0 aliphatic rings. The molecule has 0 aliphatic carbocycles. The molecule has 0 fully saturated rings. The van der Waals surface area contributed by atoms with Crippen LogP contribution in [0, 0.1) is 0 Å². The van der Waals surface area contributed by atoms with E-state index in [2.05, 4.69) is 0 Å². The molecule has 0 radical (unpaired) electrons. The Balaban J connectivity index is 2.59. The average Bonchev–Trinajstić information content (AvgIpc) is 2.20. The molecule has 3 nitrogen and oxygen atoms in total. The first kappa shape index (κ1) is 13.8.